The van der Waals surface area contributed by atoms with E-state index in [1.54, 1.807) is 0 Å². The van der Waals surface area contributed by atoms with Crippen molar-refractivity contribution in [1.82, 2.24) is 30.1 Å². The van der Waals surface area contributed by atoms with Gasteiger partial charge in [0, 0.05) is 37.3 Å². The number of benzene rings is 1. The number of tetrazole rings is 1. The minimum atomic E-state index is -0.0793. The van der Waals surface area contributed by atoms with Crippen molar-refractivity contribution < 1.29 is 9.84 Å². The Kier molecular flexibility index (Phi) is 8.07. The molecule has 2 aromatic heterocycles. The monoisotopic (exact) mass is 468 g/mol. The first-order chi connectivity index (χ1) is 16.5. The fourth-order valence-electron chi connectivity index (χ4n) is 4.88. The first-order valence-electron chi connectivity index (χ1n) is 12.4. The highest BCUT2D eigenvalue weighted by Crippen LogP contribution is 2.28. The summed E-state index contributed by atoms with van der Waals surface area (Å²) in [6, 6.07) is 6.07. The lowest BCUT2D eigenvalue weighted by molar-refractivity contribution is 0.0885. The highest BCUT2D eigenvalue weighted by molar-refractivity contribution is 5.85. The topological polar surface area (TPSA) is 109 Å². The van der Waals surface area contributed by atoms with Gasteiger partial charge in [-0.25, -0.2) is 4.68 Å². The highest BCUT2D eigenvalue weighted by Gasteiger charge is 2.28. The van der Waals surface area contributed by atoms with Gasteiger partial charge in [-0.3, -0.25) is 9.69 Å². The van der Waals surface area contributed by atoms with E-state index in [1.165, 1.54) is 0 Å². The number of nitrogens with zero attached hydrogens (tertiary/aromatic N) is 5. The Labute approximate surface area is 200 Å². The van der Waals surface area contributed by atoms with E-state index in [2.05, 4.69) is 45.3 Å². The van der Waals surface area contributed by atoms with Crippen LogP contribution in [0.15, 0.2) is 23.0 Å². The Bertz CT molecular complexity index is 1150. The average molecular weight is 469 g/mol. The lowest BCUT2D eigenvalue weighted by atomic mass is 10.0. The molecule has 3 heterocycles. The van der Waals surface area contributed by atoms with Crippen molar-refractivity contribution in [3.05, 3.63) is 51.1 Å². The van der Waals surface area contributed by atoms with Gasteiger partial charge in [0.05, 0.1) is 24.2 Å². The van der Waals surface area contributed by atoms with E-state index in [-0.39, 0.29) is 24.3 Å². The predicted molar refractivity (Wildman–Crippen MR) is 131 cm³/mol. The molecule has 0 saturated carbocycles. The first-order valence-corrected chi connectivity index (χ1v) is 12.4. The van der Waals surface area contributed by atoms with Crippen LogP contribution >= 0.6 is 0 Å². The van der Waals surface area contributed by atoms with Crippen LogP contribution in [-0.2, 0) is 17.8 Å². The summed E-state index contributed by atoms with van der Waals surface area (Å²) in [6.45, 7) is 8.80. The van der Waals surface area contributed by atoms with E-state index in [0.29, 0.717) is 31.6 Å². The minimum absolute atomic E-state index is 0.0679. The van der Waals surface area contributed by atoms with Crippen LogP contribution in [-0.4, -0.2) is 61.1 Å². The first kappa shape index (κ1) is 24.5. The fraction of sp³-hybridized carbons (Fsp3) is 0.600. The Hall–Kier alpha value is -2.62. The van der Waals surface area contributed by atoms with Gasteiger partial charge in [0.2, 0.25) is 0 Å². The second kappa shape index (κ2) is 11.2. The molecule has 4 rings (SSSR count). The van der Waals surface area contributed by atoms with Crippen LogP contribution in [0.2, 0.25) is 0 Å². The number of aromatic nitrogens is 5. The maximum Gasteiger partial charge on any atom is 0.252 e. The van der Waals surface area contributed by atoms with Crippen LogP contribution in [0.1, 0.15) is 67.6 Å². The van der Waals surface area contributed by atoms with Gasteiger partial charge < -0.3 is 14.8 Å². The molecule has 2 N–H and O–H groups in total. The molecule has 2 atom stereocenters. The normalized spacial score (nSPS) is 17.1. The molecule has 9 nitrogen and oxygen atoms in total. The molecule has 1 aliphatic heterocycles. The third kappa shape index (κ3) is 5.37. The van der Waals surface area contributed by atoms with Crippen molar-refractivity contribution >= 4 is 10.9 Å². The molecule has 9 heteroatoms. The number of H-pyrrole nitrogens is 1. The molecule has 2 unspecified atom stereocenters. The number of hydrogen-bond acceptors (Lipinski definition) is 7. The van der Waals surface area contributed by atoms with Gasteiger partial charge in [0.25, 0.3) is 5.56 Å². The van der Waals surface area contributed by atoms with E-state index in [1.807, 2.05) is 23.7 Å². The van der Waals surface area contributed by atoms with Crippen LogP contribution in [0, 0.1) is 13.8 Å². The summed E-state index contributed by atoms with van der Waals surface area (Å²) in [5.74, 6) is 0.791. The quantitative estimate of drug-likeness (QED) is 0.445. The molecule has 184 valence electrons. The van der Waals surface area contributed by atoms with Crippen molar-refractivity contribution in [3.63, 3.8) is 0 Å². The van der Waals surface area contributed by atoms with Crippen LogP contribution in [0.4, 0.5) is 0 Å². The number of aromatic amines is 1. The van der Waals surface area contributed by atoms with E-state index in [9.17, 15) is 9.90 Å². The molecule has 0 aliphatic carbocycles. The number of rotatable bonds is 11. The summed E-state index contributed by atoms with van der Waals surface area (Å²) in [4.78, 5) is 18.4. The van der Waals surface area contributed by atoms with Gasteiger partial charge in [-0.15, -0.1) is 5.10 Å². The number of aliphatic hydroxyl groups excluding tert-OH is 1. The van der Waals surface area contributed by atoms with Crippen LogP contribution in [0.25, 0.3) is 10.9 Å². The van der Waals surface area contributed by atoms with E-state index >= 15 is 0 Å². The Morgan fingerprint density at radius 2 is 2.15 bits per heavy atom. The molecule has 3 aromatic rings. The Morgan fingerprint density at radius 3 is 2.88 bits per heavy atom. The van der Waals surface area contributed by atoms with Gasteiger partial charge >= 0.3 is 0 Å². The third-order valence-corrected chi connectivity index (χ3v) is 6.76. The summed E-state index contributed by atoms with van der Waals surface area (Å²) in [5, 5.41) is 23.3. The Morgan fingerprint density at radius 1 is 1.32 bits per heavy atom. The van der Waals surface area contributed by atoms with Crippen molar-refractivity contribution in [1.29, 1.82) is 0 Å². The van der Waals surface area contributed by atoms with Crippen molar-refractivity contribution in [3.8, 4) is 0 Å². The summed E-state index contributed by atoms with van der Waals surface area (Å²) in [6.07, 6.45) is 4.60. The number of nitrogens with one attached hydrogen (secondary N) is 1. The Balaban J connectivity index is 1.67. The molecule has 34 heavy (non-hydrogen) atoms. The number of aliphatic hydroxyl groups is 1. The smallest absolute Gasteiger partial charge is 0.252 e. The number of aryl methyl sites for hydroxylation is 2. The van der Waals surface area contributed by atoms with Gasteiger partial charge in [-0.05, 0) is 67.2 Å². The van der Waals surface area contributed by atoms with Crippen LogP contribution in [0.5, 0.6) is 0 Å². The number of hydrogen-bond donors (Lipinski definition) is 2. The van der Waals surface area contributed by atoms with Gasteiger partial charge in [-0.2, -0.15) is 0 Å². The summed E-state index contributed by atoms with van der Waals surface area (Å²) < 4.78 is 7.67. The van der Waals surface area contributed by atoms with E-state index in [0.717, 1.165) is 60.1 Å². The highest BCUT2D eigenvalue weighted by atomic mass is 16.5. The molecule has 1 saturated heterocycles. The maximum atomic E-state index is 13.1. The molecule has 0 spiro atoms. The summed E-state index contributed by atoms with van der Waals surface area (Å²) in [5.41, 5.74) is 3.70. The lowest BCUT2D eigenvalue weighted by Gasteiger charge is -2.31. The van der Waals surface area contributed by atoms with Gasteiger partial charge in [-0.1, -0.05) is 25.5 Å². The molecular weight excluding hydrogens is 432 g/mol. The lowest BCUT2D eigenvalue weighted by Crippen LogP contribution is -2.34. The number of ether oxygens (including phenoxy) is 1. The fourth-order valence-corrected chi connectivity index (χ4v) is 4.88. The second-order valence-electron chi connectivity index (χ2n) is 9.32. The van der Waals surface area contributed by atoms with Crippen molar-refractivity contribution in [2.24, 2.45) is 0 Å². The molecule has 1 fully saturated rings. The average Bonchev–Trinajstić information content (AvgIpc) is 3.51. The number of pyridine rings is 1. The molecular formula is C25H36N6O3. The SMILES string of the molecule is CCCC(c1nnnn1CC1CCCO1)N(CCCO)Cc1cc2c(C)ccc(C)c2[nH]c1=O. The molecule has 0 amide bonds. The standard InChI is InChI=1S/C25H36N6O3/c1-4-7-22(24-27-28-29-31(24)16-20-8-5-13-34-20)30(11-6-12-32)15-19-14-21-17(2)9-10-18(3)23(21)26-25(19)33/h9-10,14,20,22,32H,4-8,11-13,15-16H2,1-3H3,(H,26,33). The van der Waals surface area contributed by atoms with Crippen LogP contribution in [0.3, 0.4) is 0 Å². The zero-order valence-corrected chi connectivity index (χ0v) is 20.5. The van der Waals surface area contributed by atoms with Crippen molar-refractivity contribution in [2.75, 3.05) is 19.8 Å². The van der Waals surface area contributed by atoms with E-state index < -0.39 is 0 Å². The number of fused-ring (bicyclic) bond motifs is 1. The largest absolute Gasteiger partial charge is 0.396 e. The minimum Gasteiger partial charge on any atom is -0.396 e. The molecule has 1 aromatic carbocycles. The summed E-state index contributed by atoms with van der Waals surface area (Å²) >= 11 is 0. The maximum absolute atomic E-state index is 13.1. The molecule has 0 radical (unpaired) electrons. The second-order valence-corrected chi connectivity index (χ2v) is 9.32. The zero-order valence-electron chi connectivity index (χ0n) is 20.5. The van der Waals surface area contributed by atoms with Gasteiger partial charge in [0.1, 0.15) is 0 Å². The van der Waals surface area contributed by atoms with Crippen molar-refractivity contribution in [2.45, 2.75) is 78.1 Å². The molecule has 0 bridgehead atoms. The van der Waals surface area contributed by atoms with Crippen LogP contribution < -0.4 is 5.56 Å². The van der Waals surface area contributed by atoms with E-state index in [4.69, 9.17) is 4.74 Å². The predicted octanol–water partition coefficient (Wildman–Crippen LogP) is 3.04. The summed E-state index contributed by atoms with van der Waals surface area (Å²) in [7, 11) is 0. The zero-order chi connectivity index (χ0) is 24.1. The molecule has 1 aliphatic rings. The third-order valence-electron chi connectivity index (χ3n) is 6.76. The van der Waals surface area contributed by atoms with Gasteiger partial charge in [0.15, 0.2) is 5.82 Å².